The van der Waals surface area contributed by atoms with E-state index < -0.39 is 5.97 Å². The summed E-state index contributed by atoms with van der Waals surface area (Å²) in [5.74, 6) is -0.398. The summed E-state index contributed by atoms with van der Waals surface area (Å²) in [6.45, 7) is 1.75. The van der Waals surface area contributed by atoms with E-state index in [-0.39, 0.29) is 0 Å². The molecule has 1 heterocycles. The van der Waals surface area contributed by atoms with E-state index in [0.29, 0.717) is 31.4 Å². The minimum absolute atomic E-state index is 0.398. The van der Waals surface area contributed by atoms with E-state index in [1.165, 1.54) is 18.4 Å². The Morgan fingerprint density at radius 3 is 2.79 bits per heavy atom. The van der Waals surface area contributed by atoms with Gasteiger partial charge in [0.05, 0.1) is 23.5 Å². The molecule has 4 nitrogen and oxygen atoms in total. The van der Waals surface area contributed by atoms with Crippen molar-refractivity contribution < 1.29 is 9.53 Å². The van der Waals surface area contributed by atoms with Crippen LogP contribution in [-0.2, 0) is 4.74 Å². The molecule has 0 amide bonds. The Labute approximate surface area is 124 Å². The van der Waals surface area contributed by atoms with Crippen LogP contribution in [0, 0.1) is 6.92 Å². The Morgan fingerprint density at radius 1 is 1.42 bits per heavy atom. The number of ether oxygens (including phenoxy) is 1. The number of aromatic nitrogens is 1. The van der Waals surface area contributed by atoms with Gasteiger partial charge in [-0.3, -0.25) is 0 Å². The summed E-state index contributed by atoms with van der Waals surface area (Å²) in [5, 5.41) is 4.66. The lowest BCUT2D eigenvalue weighted by atomic mass is 10.3. The van der Waals surface area contributed by atoms with Gasteiger partial charge in [-0.2, -0.15) is 0 Å². The van der Waals surface area contributed by atoms with Crippen LogP contribution in [0.1, 0.15) is 15.4 Å². The number of anilines is 2. The van der Waals surface area contributed by atoms with Crippen molar-refractivity contribution in [3.8, 4) is 0 Å². The fourth-order valence-corrected chi connectivity index (χ4v) is 2.79. The van der Waals surface area contributed by atoms with Gasteiger partial charge in [-0.15, -0.1) is 0 Å². The lowest BCUT2D eigenvalue weighted by molar-refractivity contribution is 0.0605. The summed E-state index contributed by atoms with van der Waals surface area (Å²) in [5.41, 5.74) is 1.29. The highest BCUT2D eigenvalue weighted by Gasteiger charge is 2.16. The maximum atomic E-state index is 11.5. The normalized spacial score (nSPS) is 10.3. The van der Waals surface area contributed by atoms with Crippen LogP contribution in [-0.4, -0.2) is 18.1 Å². The van der Waals surface area contributed by atoms with Crippen molar-refractivity contribution in [2.45, 2.75) is 6.92 Å². The molecule has 0 radical (unpaired) electrons. The number of carbonyl (C=O) groups excluding carboxylic acids is 1. The van der Waals surface area contributed by atoms with Gasteiger partial charge in [0.25, 0.3) is 0 Å². The summed E-state index contributed by atoms with van der Waals surface area (Å²) in [6, 6.07) is 5.10. The van der Waals surface area contributed by atoms with Gasteiger partial charge >= 0.3 is 5.97 Å². The third kappa shape index (κ3) is 3.18. The number of thiazole rings is 1. The van der Waals surface area contributed by atoms with Crippen molar-refractivity contribution in [3.63, 3.8) is 0 Å². The predicted octanol–water partition coefficient (Wildman–Crippen LogP) is 4.29. The summed E-state index contributed by atoms with van der Waals surface area (Å²) >= 11 is 13.1. The molecule has 7 heteroatoms. The average molecular weight is 317 g/mol. The molecule has 0 aliphatic rings. The third-order valence-electron chi connectivity index (χ3n) is 2.34. The van der Waals surface area contributed by atoms with Crippen molar-refractivity contribution in [2.75, 3.05) is 12.4 Å². The summed E-state index contributed by atoms with van der Waals surface area (Å²) in [6.07, 6.45) is 0. The highest BCUT2D eigenvalue weighted by atomic mass is 35.5. The largest absolute Gasteiger partial charge is 0.465 e. The van der Waals surface area contributed by atoms with Crippen LogP contribution < -0.4 is 5.32 Å². The molecule has 0 bridgehead atoms. The summed E-state index contributed by atoms with van der Waals surface area (Å²) < 4.78 is 4.68. The molecule has 0 unspecified atom stereocenters. The van der Waals surface area contributed by atoms with Gasteiger partial charge in [0.2, 0.25) is 0 Å². The van der Waals surface area contributed by atoms with E-state index in [0.717, 1.165) is 0 Å². The Kier molecular flexibility index (Phi) is 4.29. The van der Waals surface area contributed by atoms with E-state index >= 15 is 0 Å². The molecule has 2 aromatic rings. The first kappa shape index (κ1) is 14.1. The number of hydrogen-bond donors (Lipinski definition) is 1. The number of aryl methyl sites for hydroxylation is 1. The third-order valence-corrected chi connectivity index (χ3v) is 3.94. The number of hydrogen-bond acceptors (Lipinski definition) is 5. The number of carbonyl (C=O) groups is 1. The van der Waals surface area contributed by atoms with Crippen molar-refractivity contribution >= 4 is 51.3 Å². The lowest BCUT2D eigenvalue weighted by Crippen LogP contribution is -1.99. The number of esters is 1. The fourth-order valence-electron chi connectivity index (χ4n) is 1.44. The number of nitrogens with one attached hydrogen (secondary N) is 1. The molecule has 1 aromatic heterocycles. The molecule has 19 heavy (non-hydrogen) atoms. The van der Waals surface area contributed by atoms with Gasteiger partial charge < -0.3 is 10.1 Å². The first-order valence-corrected chi connectivity index (χ1v) is 6.86. The Bertz CT molecular complexity index is 628. The van der Waals surface area contributed by atoms with E-state index in [1.54, 1.807) is 25.1 Å². The van der Waals surface area contributed by atoms with Crippen LogP contribution in [0.4, 0.5) is 10.8 Å². The predicted molar refractivity (Wildman–Crippen MR) is 77.9 cm³/mol. The second-order valence-electron chi connectivity index (χ2n) is 3.67. The van der Waals surface area contributed by atoms with Crippen molar-refractivity contribution in [2.24, 2.45) is 0 Å². The van der Waals surface area contributed by atoms with Crippen LogP contribution in [0.3, 0.4) is 0 Å². The molecule has 0 fully saturated rings. The minimum Gasteiger partial charge on any atom is -0.465 e. The van der Waals surface area contributed by atoms with Crippen molar-refractivity contribution in [1.82, 2.24) is 4.98 Å². The molecule has 0 aliphatic carbocycles. The van der Waals surface area contributed by atoms with Gasteiger partial charge in [0.15, 0.2) is 5.13 Å². The molecule has 1 aromatic carbocycles. The standard InChI is InChI=1S/C12H10Cl2N2O2S/c1-6-10(11(17)18-2)19-12(15-6)16-9-4-3-7(13)5-8(9)14/h3-5H,1-2H3,(H,15,16). The van der Waals surface area contributed by atoms with Gasteiger partial charge in [-0.1, -0.05) is 34.5 Å². The first-order valence-electron chi connectivity index (χ1n) is 5.29. The molecule has 100 valence electrons. The average Bonchev–Trinajstić information content (AvgIpc) is 2.73. The molecule has 0 aliphatic heterocycles. The molecule has 0 atom stereocenters. The van der Waals surface area contributed by atoms with E-state index in [4.69, 9.17) is 23.2 Å². The number of rotatable bonds is 3. The highest BCUT2D eigenvalue weighted by molar-refractivity contribution is 7.17. The Balaban J connectivity index is 2.26. The molecular formula is C12H10Cl2N2O2S. The van der Waals surface area contributed by atoms with Crippen LogP contribution >= 0.6 is 34.5 Å². The fraction of sp³-hybridized carbons (Fsp3) is 0.167. The lowest BCUT2D eigenvalue weighted by Gasteiger charge is -2.04. The van der Waals surface area contributed by atoms with Gasteiger partial charge in [-0.25, -0.2) is 9.78 Å². The van der Waals surface area contributed by atoms with Crippen LogP contribution in [0.2, 0.25) is 10.0 Å². The SMILES string of the molecule is COC(=O)c1sc(Nc2ccc(Cl)cc2Cl)nc1C. The zero-order valence-electron chi connectivity index (χ0n) is 10.2. The Hall–Kier alpha value is -1.30. The smallest absolute Gasteiger partial charge is 0.350 e. The maximum Gasteiger partial charge on any atom is 0.350 e. The first-order chi connectivity index (χ1) is 9.01. The van der Waals surface area contributed by atoms with Crippen LogP contribution in [0.15, 0.2) is 18.2 Å². The van der Waals surface area contributed by atoms with Gasteiger partial charge in [0, 0.05) is 5.02 Å². The van der Waals surface area contributed by atoms with Gasteiger partial charge in [-0.05, 0) is 25.1 Å². The number of methoxy groups -OCH3 is 1. The number of halogens is 2. The molecule has 0 spiro atoms. The molecule has 2 rings (SSSR count). The van der Waals surface area contributed by atoms with Crippen LogP contribution in [0.25, 0.3) is 0 Å². The zero-order chi connectivity index (χ0) is 14.0. The summed E-state index contributed by atoms with van der Waals surface area (Å²) in [7, 11) is 1.34. The number of nitrogens with zero attached hydrogens (tertiary/aromatic N) is 1. The van der Waals surface area contributed by atoms with Gasteiger partial charge in [0.1, 0.15) is 4.88 Å². The van der Waals surface area contributed by atoms with E-state index in [2.05, 4.69) is 15.0 Å². The topological polar surface area (TPSA) is 51.2 Å². The van der Waals surface area contributed by atoms with E-state index in [9.17, 15) is 4.79 Å². The Morgan fingerprint density at radius 2 is 2.16 bits per heavy atom. The molecule has 0 saturated heterocycles. The highest BCUT2D eigenvalue weighted by Crippen LogP contribution is 2.31. The number of benzene rings is 1. The summed E-state index contributed by atoms with van der Waals surface area (Å²) in [4.78, 5) is 16.2. The molecular weight excluding hydrogens is 307 g/mol. The zero-order valence-corrected chi connectivity index (χ0v) is 12.5. The minimum atomic E-state index is -0.398. The molecule has 1 N–H and O–H groups in total. The second-order valence-corrected chi connectivity index (χ2v) is 5.52. The maximum absolute atomic E-state index is 11.5. The molecule has 0 saturated carbocycles. The quantitative estimate of drug-likeness (QED) is 0.858. The van der Waals surface area contributed by atoms with Crippen LogP contribution in [0.5, 0.6) is 0 Å². The monoisotopic (exact) mass is 316 g/mol. The van der Waals surface area contributed by atoms with E-state index in [1.807, 2.05) is 0 Å². The van der Waals surface area contributed by atoms with Crippen molar-refractivity contribution in [3.05, 3.63) is 38.8 Å². The second kappa shape index (κ2) is 5.77. The van der Waals surface area contributed by atoms with Crippen molar-refractivity contribution in [1.29, 1.82) is 0 Å².